The van der Waals surface area contributed by atoms with Gasteiger partial charge in [0.05, 0.1) is 30.6 Å². The third-order valence-corrected chi connectivity index (χ3v) is 5.31. The molecule has 30 heavy (non-hydrogen) atoms. The van der Waals surface area contributed by atoms with Crippen LogP contribution in [0.25, 0.3) is 0 Å². The van der Waals surface area contributed by atoms with Crippen molar-refractivity contribution in [3.05, 3.63) is 75.6 Å². The first kappa shape index (κ1) is 21.7. The van der Waals surface area contributed by atoms with Crippen molar-refractivity contribution >= 4 is 17.5 Å². The van der Waals surface area contributed by atoms with E-state index < -0.39 is 0 Å². The molecular weight excluding hydrogens is 402 g/mol. The van der Waals surface area contributed by atoms with Crippen molar-refractivity contribution in [3.63, 3.8) is 0 Å². The van der Waals surface area contributed by atoms with E-state index in [2.05, 4.69) is 5.10 Å². The van der Waals surface area contributed by atoms with E-state index in [-0.39, 0.29) is 5.91 Å². The van der Waals surface area contributed by atoms with Crippen LogP contribution in [0.5, 0.6) is 11.5 Å². The zero-order valence-corrected chi connectivity index (χ0v) is 18.7. The number of hydrogen-bond acceptors (Lipinski definition) is 4. The number of carbonyl (C=O) groups is 1. The van der Waals surface area contributed by atoms with E-state index in [9.17, 15) is 4.79 Å². The summed E-state index contributed by atoms with van der Waals surface area (Å²) in [5.74, 6) is 1.37. The molecule has 0 bridgehead atoms. The van der Waals surface area contributed by atoms with Crippen molar-refractivity contribution in [2.24, 2.45) is 7.05 Å². The first-order chi connectivity index (χ1) is 14.3. The van der Waals surface area contributed by atoms with Crippen molar-refractivity contribution in [3.8, 4) is 11.5 Å². The van der Waals surface area contributed by atoms with Crippen molar-refractivity contribution in [1.82, 2.24) is 14.7 Å². The Morgan fingerprint density at radius 3 is 2.60 bits per heavy atom. The van der Waals surface area contributed by atoms with Crippen LogP contribution < -0.4 is 9.47 Å². The molecule has 0 aliphatic carbocycles. The van der Waals surface area contributed by atoms with E-state index in [1.165, 1.54) is 0 Å². The average Bonchev–Trinajstić information content (AvgIpc) is 3.05. The van der Waals surface area contributed by atoms with Gasteiger partial charge in [-0.3, -0.25) is 9.48 Å². The van der Waals surface area contributed by atoms with Crippen molar-refractivity contribution in [2.75, 3.05) is 14.2 Å². The summed E-state index contributed by atoms with van der Waals surface area (Å²) >= 11 is 6.17. The normalized spacial score (nSPS) is 10.7. The Morgan fingerprint density at radius 2 is 1.93 bits per heavy atom. The number of amides is 1. The molecule has 0 saturated carbocycles. The molecule has 0 radical (unpaired) electrons. The van der Waals surface area contributed by atoms with E-state index in [0.29, 0.717) is 29.5 Å². The number of hydrogen-bond donors (Lipinski definition) is 0. The van der Waals surface area contributed by atoms with Crippen molar-refractivity contribution in [1.29, 1.82) is 0 Å². The van der Waals surface area contributed by atoms with E-state index in [1.54, 1.807) is 49.1 Å². The first-order valence-corrected chi connectivity index (χ1v) is 9.96. The number of benzene rings is 2. The average molecular weight is 428 g/mol. The molecule has 6 nitrogen and oxygen atoms in total. The highest BCUT2D eigenvalue weighted by Gasteiger charge is 2.18. The predicted octanol–water partition coefficient (Wildman–Crippen LogP) is 4.55. The van der Waals surface area contributed by atoms with Gasteiger partial charge in [0.1, 0.15) is 18.1 Å². The zero-order valence-electron chi connectivity index (χ0n) is 17.9. The van der Waals surface area contributed by atoms with E-state index >= 15 is 0 Å². The van der Waals surface area contributed by atoms with Crippen LogP contribution in [-0.2, 0) is 20.2 Å². The van der Waals surface area contributed by atoms with E-state index in [4.69, 9.17) is 21.1 Å². The molecule has 3 rings (SSSR count). The second kappa shape index (κ2) is 9.22. The third-order valence-electron chi connectivity index (χ3n) is 5.00. The quantitative estimate of drug-likeness (QED) is 0.555. The molecule has 0 aliphatic heterocycles. The summed E-state index contributed by atoms with van der Waals surface area (Å²) in [4.78, 5) is 14.6. The summed E-state index contributed by atoms with van der Waals surface area (Å²) in [6.07, 6.45) is 1.57. The minimum Gasteiger partial charge on any atom is -0.496 e. The Balaban J connectivity index is 1.79. The Morgan fingerprint density at radius 1 is 1.17 bits per heavy atom. The van der Waals surface area contributed by atoms with E-state index in [0.717, 1.165) is 28.1 Å². The largest absolute Gasteiger partial charge is 0.496 e. The number of halogens is 1. The molecular formula is C23H26ClN3O3. The SMILES string of the molecule is COc1ccc(C(=O)N(C)Cc2c(Cl)cnn2C)cc1COc1cc(C)ccc1C. The summed E-state index contributed by atoms with van der Waals surface area (Å²) < 4.78 is 13.2. The molecule has 3 aromatic rings. The molecule has 1 heterocycles. The van der Waals surface area contributed by atoms with Crippen LogP contribution in [-0.4, -0.2) is 34.7 Å². The molecule has 0 N–H and O–H groups in total. The van der Waals surface area contributed by atoms with Crippen LogP contribution in [0.2, 0.25) is 5.02 Å². The fourth-order valence-electron chi connectivity index (χ4n) is 3.17. The van der Waals surface area contributed by atoms with Crippen LogP contribution in [0, 0.1) is 13.8 Å². The minimum absolute atomic E-state index is 0.122. The van der Waals surface area contributed by atoms with Crippen molar-refractivity contribution in [2.45, 2.75) is 27.0 Å². The summed E-state index contributed by atoms with van der Waals surface area (Å²) in [5.41, 5.74) is 4.31. The molecule has 158 valence electrons. The summed E-state index contributed by atoms with van der Waals surface area (Å²) in [5, 5.41) is 4.65. The van der Waals surface area contributed by atoms with Gasteiger partial charge in [0, 0.05) is 25.2 Å². The van der Waals surface area contributed by atoms with Gasteiger partial charge in [0.25, 0.3) is 5.91 Å². The number of ether oxygens (including phenoxy) is 2. The highest BCUT2D eigenvalue weighted by atomic mass is 35.5. The molecule has 0 atom stereocenters. The summed E-state index contributed by atoms with van der Waals surface area (Å²) in [7, 11) is 5.15. The van der Waals surface area contributed by atoms with Gasteiger partial charge in [-0.15, -0.1) is 0 Å². The Bertz CT molecular complexity index is 1040. The molecule has 0 aliphatic rings. The van der Waals surface area contributed by atoms with Gasteiger partial charge in [-0.1, -0.05) is 23.7 Å². The lowest BCUT2D eigenvalue weighted by molar-refractivity contribution is 0.0782. The molecule has 0 saturated heterocycles. The maximum atomic E-state index is 13.0. The maximum Gasteiger partial charge on any atom is 0.253 e. The summed E-state index contributed by atoms with van der Waals surface area (Å²) in [6.45, 7) is 4.68. The van der Waals surface area contributed by atoms with Crippen LogP contribution in [0.15, 0.2) is 42.6 Å². The lowest BCUT2D eigenvalue weighted by Crippen LogP contribution is -2.27. The minimum atomic E-state index is -0.122. The molecule has 2 aromatic carbocycles. The number of rotatable bonds is 7. The lowest BCUT2D eigenvalue weighted by Gasteiger charge is -2.19. The summed E-state index contributed by atoms with van der Waals surface area (Å²) in [6, 6.07) is 11.4. The lowest BCUT2D eigenvalue weighted by atomic mass is 10.1. The second-order valence-electron chi connectivity index (χ2n) is 7.31. The number of methoxy groups -OCH3 is 1. The third kappa shape index (κ3) is 4.76. The molecule has 7 heteroatoms. The Hall–Kier alpha value is -2.99. The van der Waals surface area contributed by atoms with Crippen molar-refractivity contribution < 1.29 is 14.3 Å². The smallest absolute Gasteiger partial charge is 0.253 e. The number of aryl methyl sites for hydroxylation is 3. The van der Waals surface area contributed by atoms with Gasteiger partial charge in [-0.2, -0.15) is 5.10 Å². The van der Waals surface area contributed by atoms with Crippen LogP contribution in [0.3, 0.4) is 0 Å². The zero-order chi connectivity index (χ0) is 21.8. The fraction of sp³-hybridized carbons (Fsp3) is 0.304. The van der Waals surface area contributed by atoms with Crippen LogP contribution in [0.4, 0.5) is 0 Å². The predicted molar refractivity (Wildman–Crippen MR) is 117 cm³/mol. The van der Waals surface area contributed by atoms with Gasteiger partial charge in [0.2, 0.25) is 0 Å². The van der Waals surface area contributed by atoms with Crippen LogP contribution >= 0.6 is 11.6 Å². The standard InChI is InChI=1S/C23H26ClN3O3/c1-15-6-7-16(2)22(10-15)30-14-18-11-17(8-9-21(18)29-5)23(28)26(3)13-20-19(24)12-25-27(20)4/h6-12H,13-14H2,1-5H3. The molecule has 0 unspecified atom stereocenters. The molecule has 0 fully saturated rings. The van der Waals surface area contributed by atoms with Gasteiger partial charge >= 0.3 is 0 Å². The highest BCUT2D eigenvalue weighted by Crippen LogP contribution is 2.25. The monoisotopic (exact) mass is 427 g/mol. The first-order valence-electron chi connectivity index (χ1n) is 9.59. The topological polar surface area (TPSA) is 56.6 Å². The van der Waals surface area contributed by atoms with Crippen LogP contribution in [0.1, 0.15) is 32.7 Å². The highest BCUT2D eigenvalue weighted by molar-refractivity contribution is 6.31. The Kier molecular flexibility index (Phi) is 6.67. The van der Waals surface area contributed by atoms with E-state index in [1.807, 2.05) is 38.1 Å². The fourth-order valence-corrected chi connectivity index (χ4v) is 3.40. The Labute approximate surface area is 182 Å². The molecule has 1 aromatic heterocycles. The maximum absolute atomic E-state index is 13.0. The second-order valence-corrected chi connectivity index (χ2v) is 7.72. The van der Waals surface area contributed by atoms with Gasteiger partial charge in [-0.25, -0.2) is 0 Å². The number of carbonyl (C=O) groups excluding carboxylic acids is 1. The van der Waals surface area contributed by atoms with Gasteiger partial charge in [-0.05, 0) is 49.2 Å². The number of aromatic nitrogens is 2. The molecule has 0 spiro atoms. The molecule has 1 amide bonds. The number of nitrogens with zero attached hydrogens (tertiary/aromatic N) is 3. The van der Waals surface area contributed by atoms with Gasteiger partial charge < -0.3 is 14.4 Å². The van der Waals surface area contributed by atoms with Gasteiger partial charge in [0.15, 0.2) is 0 Å².